The molecule has 1 aliphatic heterocycles. The molecule has 1 atom stereocenters. The number of fused-ring (bicyclic) bond motifs is 3. The summed E-state index contributed by atoms with van der Waals surface area (Å²) in [5.41, 5.74) is 3.68. The van der Waals surface area contributed by atoms with E-state index < -0.39 is 0 Å². The number of nitrogens with one attached hydrogen (secondary N) is 1. The molecule has 2 aromatic heterocycles. The van der Waals surface area contributed by atoms with Crippen LogP contribution >= 0.6 is 22.7 Å². The summed E-state index contributed by atoms with van der Waals surface area (Å²) in [5.74, 6) is -0.0320. The first kappa shape index (κ1) is 13.1. The van der Waals surface area contributed by atoms with Gasteiger partial charge in [-0.25, -0.2) is 9.97 Å². The van der Waals surface area contributed by atoms with Crippen LogP contribution in [-0.4, -0.2) is 28.6 Å². The van der Waals surface area contributed by atoms with Gasteiger partial charge < -0.3 is 10.1 Å². The van der Waals surface area contributed by atoms with Crippen molar-refractivity contribution >= 4 is 54.1 Å². The number of carbonyl (C=O) groups is 1. The zero-order chi connectivity index (χ0) is 14.2. The Bertz CT molecular complexity index is 805. The van der Waals surface area contributed by atoms with E-state index in [9.17, 15) is 4.79 Å². The van der Waals surface area contributed by atoms with Gasteiger partial charge in [0.1, 0.15) is 5.52 Å². The van der Waals surface area contributed by atoms with Crippen LogP contribution in [0.2, 0.25) is 0 Å². The Morgan fingerprint density at radius 1 is 1.48 bits per heavy atom. The number of hydrogen-bond donors (Lipinski definition) is 1. The van der Waals surface area contributed by atoms with Crippen molar-refractivity contribution in [2.45, 2.75) is 25.4 Å². The fraction of sp³-hybridized carbons (Fsp3) is 0.357. The van der Waals surface area contributed by atoms with Gasteiger partial charge in [0.2, 0.25) is 5.91 Å². The number of rotatable bonds is 3. The van der Waals surface area contributed by atoms with Crippen molar-refractivity contribution in [2.75, 3.05) is 11.9 Å². The van der Waals surface area contributed by atoms with Gasteiger partial charge in [-0.2, -0.15) is 0 Å². The number of nitrogens with zero attached hydrogens (tertiary/aromatic N) is 2. The summed E-state index contributed by atoms with van der Waals surface area (Å²) < 4.78 is 7.65. The van der Waals surface area contributed by atoms with Crippen LogP contribution in [-0.2, 0) is 9.53 Å². The van der Waals surface area contributed by atoms with Crippen LogP contribution in [0.4, 0.5) is 5.13 Å². The van der Waals surface area contributed by atoms with Crippen molar-refractivity contribution in [3.05, 3.63) is 17.6 Å². The summed E-state index contributed by atoms with van der Waals surface area (Å²) in [5, 5.41) is 3.51. The largest absolute Gasteiger partial charge is 0.378 e. The molecule has 0 saturated carbocycles. The van der Waals surface area contributed by atoms with Gasteiger partial charge in [0, 0.05) is 6.61 Å². The molecule has 0 radical (unpaired) electrons. The normalized spacial score (nSPS) is 18.6. The molecule has 1 saturated heterocycles. The molecule has 7 heteroatoms. The number of amides is 1. The Morgan fingerprint density at radius 3 is 3.29 bits per heavy atom. The molecule has 3 heterocycles. The standard InChI is InChI=1S/C14H13N3O2S2/c18-11(6-8-2-1-5-19-8)17-14-16-9-3-4-10-12(13(9)21-14)15-7-20-10/h3-4,7-8H,1-2,5-6H2,(H,16,17,18). The first-order valence-electron chi connectivity index (χ1n) is 6.84. The Kier molecular flexibility index (Phi) is 3.33. The maximum atomic E-state index is 12.0. The SMILES string of the molecule is O=C(CC1CCCO1)Nc1nc2ccc3scnc3c2s1. The second kappa shape index (κ2) is 5.32. The zero-order valence-corrected chi connectivity index (χ0v) is 12.8. The number of anilines is 1. The predicted octanol–water partition coefficient (Wildman–Crippen LogP) is 3.41. The van der Waals surface area contributed by atoms with Gasteiger partial charge in [-0.05, 0) is 25.0 Å². The Balaban J connectivity index is 1.57. The zero-order valence-electron chi connectivity index (χ0n) is 11.2. The second-order valence-corrected chi connectivity index (χ2v) is 6.90. The first-order chi connectivity index (χ1) is 10.3. The number of hydrogen-bond acceptors (Lipinski definition) is 6. The second-order valence-electron chi connectivity index (χ2n) is 5.02. The number of thiazole rings is 2. The summed E-state index contributed by atoms with van der Waals surface area (Å²) >= 11 is 3.09. The van der Waals surface area contributed by atoms with E-state index in [4.69, 9.17) is 4.74 Å². The van der Waals surface area contributed by atoms with Crippen molar-refractivity contribution in [3.8, 4) is 0 Å². The maximum Gasteiger partial charge on any atom is 0.228 e. The summed E-state index contributed by atoms with van der Waals surface area (Å²) in [4.78, 5) is 20.9. The molecule has 0 spiro atoms. The Labute approximate surface area is 129 Å². The van der Waals surface area contributed by atoms with E-state index in [1.165, 1.54) is 11.3 Å². The molecule has 1 amide bonds. The lowest BCUT2D eigenvalue weighted by Crippen LogP contribution is -2.19. The number of aromatic nitrogens is 2. The van der Waals surface area contributed by atoms with Crippen molar-refractivity contribution in [1.82, 2.24) is 9.97 Å². The Morgan fingerprint density at radius 2 is 2.43 bits per heavy atom. The van der Waals surface area contributed by atoms with Gasteiger partial charge in [0.25, 0.3) is 0 Å². The quantitative estimate of drug-likeness (QED) is 0.803. The van der Waals surface area contributed by atoms with Crippen LogP contribution in [0.25, 0.3) is 20.4 Å². The highest BCUT2D eigenvalue weighted by atomic mass is 32.1. The van der Waals surface area contributed by atoms with Crippen molar-refractivity contribution in [3.63, 3.8) is 0 Å². The van der Waals surface area contributed by atoms with Crippen molar-refractivity contribution in [1.29, 1.82) is 0 Å². The average Bonchev–Trinajstić information content (AvgIpc) is 3.16. The highest BCUT2D eigenvalue weighted by Crippen LogP contribution is 2.33. The van der Waals surface area contributed by atoms with Gasteiger partial charge in [0.15, 0.2) is 5.13 Å². The van der Waals surface area contributed by atoms with E-state index in [0.717, 1.165) is 39.9 Å². The van der Waals surface area contributed by atoms with E-state index in [1.54, 1.807) is 11.3 Å². The predicted molar refractivity (Wildman–Crippen MR) is 85.0 cm³/mol. The van der Waals surface area contributed by atoms with Crippen LogP contribution in [0.15, 0.2) is 17.6 Å². The van der Waals surface area contributed by atoms with Crippen LogP contribution in [0.3, 0.4) is 0 Å². The average molecular weight is 319 g/mol. The molecule has 1 N–H and O–H groups in total. The van der Waals surface area contributed by atoms with Crippen LogP contribution in [0.1, 0.15) is 19.3 Å². The third-order valence-electron chi connectivity index (χ3n) is 3.54. The molecule has 21 heavy (non-hydrogen) atoms. The highest BCUT2D eigenvalue weighted by molar-refractivity contribution is 7.24. The number of benzene rings is 1. The minimum Gasteiger partial charge on any atom is -0.378 e. The molecular formula is C14H13N3O2S2. The van der Waals surface area contributed by atoms with E-state index in [2.05, 4.69) is 15.3 Å². The summed E-state index contributed by atoms with van der Waals surface area (Å²) in [6.07, 6.45) is 2.47. The van der Waals surface area contributed by atoms with Crippen LogP contribution in [0, 0.1) is 0 Å². The van der Waals surface area contributed by atoms with E-state index in [0.29, 0.717) is 11.6 Å². The maximum absolute atomic E-state index is 12.0. The summed E-state index contributed by atoms with van der Waals surface area (Å²) in [6, 6.07) is 4.00. The fourth-order valence-corrected chi connectivity index (χ4v) is 4.28. The molecule has 1 aliphatic rings. The smallest absolute Gasteiger partial charge is 0.228 e. The molecule has 3 aromatic rings. The van der Waals surface area contributed by atoms with Gasteiger partial charge >= 0.3 is 0 Å². The third kappa shape index (κ3) is 2.52. The monoisotopic (exact) mass is 319 g/mol. The number of carbonyl (C=O) groups excluding carboxylic acids is 1. The molecule has 4 rings (SSSR count). The lowest BCUT2D eigenvalue weighted by atomic mass is 10.2. The van der Waals surface area contributed by atoms with Crippen LogP contribution < -0.4 is 5.32 Å². The van der Waals surface area contributed by atoms with Gasteiger partial charge in [0.05, 0.1) is 33.0 Å². The first-order valence-corrected chi connectivity index (χ1v) is 8.53. The molecule has 108 valence electrons. The molecule has 0 bridgehead atoms. The van der Waals surface area contributed by atoms with Gasteiger partial charge in [-0.3, -0.25) is 4.79 Å². The lowest BCUT2D eigenvalue weighted by molar-refractivity contribution is -0.118. The topological polar surface area (TPSA) is 64.1 Å². The van der Waals surface area contributed by atoms with Gasteiger partial charge in [-0.1, -0.05) is 11.3 Å². The van der Waals surface area contributed by atoms with E-state index in [-0.39, 0.29) is 12.0 Å². The molecule has 1 aromatic carbocycles. The summed E-state index contributed by atoms with van der Waals surface area (Å²) in [6.45, 7) is 0.765. The molecule has 5 nitrogen and oxygen atoms in total. The molecule has 0 aliphatic carbocycles. The van der Waals surface area contributed by atoms with Crippen molar-refractivity contribution in [2.24, 2.45) is 0 Å². The molecular weight excluding hydrogens is 306 g/mol. The minimum atomic E-state index is -0.0320. The van der Waals surface area contributed by atoms with E-state index in [1.807, 2.05) is 17.6 Å². The van der Waals surface area contributed by atoms with E-state index >= 15 is 0 Å². The molecule has 1 unspecified atom stereocenters. The lowest BCUT2D eigenvalue weighted by Gasteiger charge is -2.07. The van der Waals surface area contributed by atoms with Gasteiger partial charge in [-0.15, -0.1) is 11.3 Å². The minimum absolute atomic E-state index is 0.0320. The Hall–Kier alpha value is -1.57. The van der Waals surface area contributed by atoms with Crippen LogP contribution in [0.5, 0.6) is 0 Å². The number of ether oxygens (including phenoxy) is 1. The summed E-state index contributed by atoms with van der Waals surface area (Å²) in [7, 11) is 0. The molecule has 1 fully saturated rings. The fourth-order valence-electron chi connectivity index (χ4n) is 2.55. The highest BCUT2D eigenvalue weighted by Gasteiger charge is 2.20. The van der Waals surface area contributed by atoms with Crippen molar-refractivity contribution < 1.29 is 9.53 Å². The third-order valence-corrected chi connectivity index (χ3v) is 5.33.